The van der Waals surface area contributed by atoms with Crippen LogP contribution in [-0.4, -0.2) is 54.7 Å². The Balaban J connectivity index is 2.27. The highest BCUT2D eigenvalue weighted by molar-refractivity contribution is 7.95. The summed E-state index contributed by atoms with van der Waals surface area (Å²) in [6, 6.07) is 16.7. The normalized spacial score (nSPS) is 21.7. The van der Waals surface area contributed by atoms with Gasteiger partial charge in [-0.25, -0.2) is 8.42 Å². The number of ether oxygens (including phenoxy) is 4. The molecule has 0 N–H and O–H groups in total. The maximum Gasteiger partial charge on any atom is 0.209 e. The Labute approximate surface area is 176 Å². The van der Waals surface area contributed by atoms with E-state index in [1.54, 1.807) is 42.5 Å². The molecule has 2 aromatic carbocycles. The fourth-order valence-corrected chi connectivity index (χ4v) is 5.18. The maximum absolute atomic E-state index is 13.6. The number of benzene rings is 2. The van der Waals surface area contributed by atoms with Crippen LogP contribution in [0.3, 0.4) is 0 Å². The van der Waals surface area contributed by atoms with Crippen molar-refractivity contribution < 1.29 is 27.4 Å². The quantitative estimate of drug-likeness (QED) is 0.668. The monoisotopic (exact) mass is 429 g/mol. The van der Waals surface area contributed by atoms with E-state index in [2.05, 4.69) is 0 Å². The summed E-state index contributed by atoms with van der Waals surface area (Å²) in [4.78, 5) is 0.0944. The minimum atomic E-state index is -3.97. The number of sulfone groups is 1. The van der Waals surface area contributed by atoms with Gasteiger partial charge in [0, 0.05) is 26.9 Å². The third-order valence-electron chi connectivity index (χ3n) is 4.89. The summed E-state index contributed by atoms with van der Waals surface area (Å²) in [5.41, 5.74) is 0.968. The molecule has 1 aliphatic rings. The summed E-state index contributed by atoms with van der Waals surface area (Å²) in [6.07, 6.45) is -2.21. The highest BCUT2D eigenvalue weighted by Crippen LogP contribution is 2.39. The second kappa shape index (κ2) is 9.41. The molecule has 158 valence electrons. The number of hydrogen-bond donors (Lipinski definition) is 0. The first-order chi connectivity index (χ1) is 14.5. The van der Waals surface area contributed by atoms with Crippen molar-refractivity contribution in [2.45, 2.75) is 23.2 Å². The molecule has 0 aromatic heterocycles. The van der Waals surface area contributed by atoms with Gasteiger partial charge in [0.2, 0.25) is 9.84 Å². The third-order valence-corrected chi connectivity index (χ3v) is 6.78. The zero-order valence-electron chi connectivity index (χ0n) is 16.9. The molecular weight excluding hydrogens is 406 g/mol. The molecule has 0 spiro atoms. The second-order valence-electron chi connectivity index (χ2n) is 6.67. The van der Waals surface area contributed by atoms with Crippen molar-refractivity contribution in [1.82, 2.24) is 0 Å². The van der Waals surface area contributed by atoms with Gasteiger partial charge in [-0.3, -0.25) is 0 Å². The van der Waals surface area contributed by atoms with Gasteiger partial charge in [-0.1, -0.05) is 18.2 Å². The Morgan fingerprint density at radius 3 is 2.20 bits per heavy atom. The predicted molar refractivity (Wildman–Crippen MR) is 110 cm³/mol. The third kappa shape index (κ3) is 4.11. The van der Waals surface area contributed by atoms with Crippen LogP contribution >= 0.6 is 0 Å². The van der Waals surface area contributed by atoms with Crippen molar-refractivity contribution in [3.63, 3.8) is 0 Å². The van der Waals surface area contributed by atoms with E-state index in [-0.39, 0.29) is 22.2 Å². The van der Waals surface area contributed by atoms with Crippen molar-refractivity contribution >= 4 is 15.6 Å². The van der Waals surface area contributed by atoms with Crippen LogP contribution in [0.2, 0.25) is 0 Å². The molecule has 0 saturated heterocycles. The van der Waals surface area contributed by atoms with Crippen LogP contribution in [-0.2, 0) is 28.8 Å². The minimum Gasteiger partial charge on any atom is -0.483 e. The molecule has 0 saturated carbocycles. The number of hydrogen-bond acceptors (Lipinski definition) is 7. The Morgan fingerprint density at radius 2 is 1.67 bits per heavy atom. The summed E-state index contributed by atoms with van der Waals surface area (Å²) in [7, 11) is 0.461. The molecule has 3 atom stereocenters. The summed E-state index contributed by atoms with van der Waals surface area (Å²) in [6.45, 7) is 0.177. The average molecular weight is 429 g/mol. The van der Waals surface area contributed by atoms with E-state index in [1.165, 1.54) is 33.5 Å². The molecule has 0 amide bonds. The summed E-state index contributed by atoms with van der Waals surface area (Å²) in [5.74, 6) is 0.158. The first-order valence-electron chi connectivity index (χ1n) is 9.24. The fraction of sp³-hybridized carbons (Fsp3) is 0.318. The Hall–Kier alpha value is -2.70. The van der Waals surface area contributed by atoms with E-state index >= 15 is 0 Å². The molecule has 0 radical (unpaired) electrons. The van der Waals surface area contributed by atoms with Gasteiger partial charge < -0.3 is 18.9 Å². The lowest BCUT2D eigenvalue weighted by molar-refractivity contribution is -0.108. The Kier molecular flexibility index (Phi) is 6.90. The standard InChI is InChI=1S/C22H23NO6S/c1-26-14-18-20(27-2)21(28-3)22(30(24,25)17-7-5-4-6-8-17)19(29-18)16-11-9-15(13-23)10-12-16/h4-12,18,20-21H,14H2,1-3H3/t18-,20-,21+/m1/s1. The van der Waals surface area contributed by atoms with Gasteiger partial charge in [0.25, 0.3) is 0 Å². The lowest BCUT2D eigenvalue weighted by Crippen LogP contribution is -2.49. The average Bonchev–Trinajstić information content (AvgIpc) is 2.78. The van der Waals surface area contributed by atoms with Crippen LogP contribution < -0.4 is 0 Å². The summed E-state index contributed by atoms with van der Waals surface area (Å²) in [5, 5.41) is 9.09. The molecule has 1 heterocycles. The van der Waals surface area contributed by atoms with Crippen LogP contribution in [0.1, 0.15) is 11.1 Å². The zero-order chi connectivity index (χ0) is 21.7. The number of methoxy groups -OCH3 is 3. The molecule has 0 fully saturated rings. The van der Waals surface area contributed by atoms with E-state index in [4.69, 9.17) is 24.2 Å². The summed E-state index contributed by atoms with van der Waals surface area (Å²) < 4.78 is 49.9. The molecular formula is C22H23NO6S. The van der Waals surface area contributed by atoms with Gasteiger partial charge in [0.1, 0.15) is 22.9 Å². The zero-order valence-corrected chi connectivity index (χ0v) is 17.8. The molecule has 3 rings (SSSR count). The predicted octanol–water partition coefficient (Wildman–Crippen LogP) is 2.78. The van der Waals surface area contributed by atoms with Crippen LogP contribution in [0, 0.1) is 11.3 Å². The number of nitrogens with zero attached hydrogens (tertiary/aromatic N) is 1. The maximum atomic E-state index is 13.6. The molecule has 0 bridgehead atoms. The molecule has 2 aromatic rings. The number of nitriles is 1. The van der Waals surface area contributed by atoms with Crippen LogP contribution in [0.5, 0.6) is 0 Å². The SMILES string of the molecule is COC[C@H]1OC(c2ccc(C#N)cc2)=C(S(=O)(=O)c2ccccc2)[C@@H](OC)[C@@H]1OC. The van der Waals surface area contributed by atoms with Crippen LogP contribution in [0.15, 0.2) is 64.4 Å². The van der Waals surface area contributed by atoms with Crippen molar-refractivity contribution in [2.75, 3.05) is 27.9 Å². The van der Waals surface area contributed by atoms with E-state index in [1.807, 2.05) is 6.07 Å². The van der Waals surface area contributed by atoms with E-state index < -0.39 is 28.1 Å². The Morgan fingerprint density at radius 1 is 1.00 bits per heavy atom. The minimum absolute atomic E-state index is 0.0277. The topological polar surface area (TPSA) is 94.9 Å². The van der Waals surface area contributed by atoms with Crippen molar-refractivity contribution in [3.8, 4) is 6.07 Å². The first-order valence-corrected chi connectivity index (χ1v) is 10.7. The van der Waals surface area contributed by atoms with Crippen molar-refractivity contribution in [1.29, 1.82) is 5.26 Å². The Bertz CT molecular complexity index is 1040. The molecule has 7 nitrogen and oxygen atoms in total. The van der Waals surface area contributed by atoms with E-state index in [0.717, 1.165) is 0 Å². The lowest BCUT2D eigenvalue weighted by atomic mass is 10.0. The lowest BCUT2D eigenvalue weighted by Gasteiger charge is -2.38. The van der Waals surface area contributed by atoms with E-state index in [9.17, 15) is 8.42 Å². The van der Waals surface area contributed by atoms with Gasteiger partial charge in [-0.15, -0.1) is 0 Å². The number of rotatable bonds is 7. The second-order valence-corrected chi connectivity index (χ2v) is 8.59. The van der Waals surface area contributed by atoms with E-state index in [0.29, 0.717) is 11.1 Å². The highest BCUT2D eigenvalue weighted by Gasteiger charge is 2.46. The van der Waals surface area contributed by atoms with Crippen LogP contribution in [0.25, 0.3) is 5.76 Å². The highest BCUT2D eigenvalue weighted by atomic mass is 32.2. The van der Waals surface area contributed by atoms with Gasteiger partial charge >= 0.3 is 0 Å². The van der Waals surface area contributed by atoms with Crippen molar-refractivity contribution in [2.24, 2.45) is 0 Å². The molecule has 0 aliphatic carbocycles. The molecule has 1 aliphatic heterocycles. The first kappa shape index (κ1) is 22.0. The van der Waals surface area contributed by atoms with Crippen LogP contribution in [0.4, 0.5) is 0 Å². The molecule has 30 heavy (non-hydrogen) atoms. The molecule has 0 unspecified atom stereocenters. The van der Waals surface area contributed by atoms with Crippen molar-refractivity contribution in [3.05, 3.63) is 70.6 Å². The smallest absolute Gasteiger partial charge is 0.209 e. The van der Waals surface area contributed by atoms with Gasteiger partial charge in [0.15, 0.2) is 6.10 Å². The summed E-state index contributed by atoms with van der Waals surface area (Å²) >= 11 is 0. The largest absolute Gasteiger partial charge is 0.483 e. The van der Waals surface area contributed by atoms with Gasteiger partial charge in [-0.2, -0.15) is 5.26 Å². The van der Waals surface area contributed by atoms with Gasteiger partial charge in [-0.05, 0) is 36.4 Å². The fourth-order valence-electron chi connectivity index (χ4n) is 3.47. The molecule has 8 heteroatoms. The van der Waals surface area contributed by atoms with Gasteiger partial charge in [0.05, 0.1) is 23.1 Å².